The monoisotopic (exact) mass is 407 g/mol. The molecule has 1 heterocycles. The zero-order valence-electron chi connectivity index (χ0n) is 17.8. The molecule has 0 amide bonds. The molecule has 2 aliphatic rings. The van der Waals surface area contributed by atoms with Gasteiger partial charge in [-0.3, -0.25) is 0 Å². The van der Waals surface area contributed by atoms with Crippen molar-refractivity contribution in [3.05, 3.63) is 33.4 Å². The van der Waals surface area contributed by atoms with E-state index in [-0.39, 0.29) is 41.3 Å². The van der Waals surface area contributed by atoms with Crippen molar-refractivity contribution in [2.45, 2.75) is 89.3 Å². The maximum Gasteiger partial charge on any atom is 0.294 e. The minimum Gasteiger partial charge on any atom is -0.508 e. The van der Waals surface area contributed by atoms with Crippen LogP contribution in [0.5, 0.6) is 11.5 Å². The number of phenols is 1. The normalized spacial score (nSPS) is 25.5. The molecule has 1 saturated carbocycles. The largest absolute Gasteiger partial charge is 0.508 e. The van der Waals surface area contributed by atoms with Crippen molar-refractivity contribution in [1.29, 1.82) is 0 Å². The van der Waals surface area contributed by atoms with Gasteiger partial charge in [0.15, 0.2) is 0 Å². The van der Waals surface area contributed by atoms with Crippen molar-refractivity contribution in [2.75, 3.05) is 6.61 Å². The molecule has 0 aromatic heterocycles. The van der Waals surface area contributed by atoms with E-state index in [0.717, 1.165) is 36.8 Å². The minimum absolute atomic E-state index is 0.0916. The summed E-state index contributed by atoms with van der Waals surface area (Å²) in [5, 5.41) is 30.6. The van der Waals surface area contributed by atoms with Crippen LogP contribution in [0.25, 0.3) is 0 Å². The number of aliphatic hydroxyl groups excluding tert-OH is 1. The summed E-state index contributed by atoms with van der Waals surface area (Å²) in [6, 6.07) is 3.85. The lowest BCUT2D eigenvalue weighted by Crippen LogP contribution is -2.47. The number of fused-ring (bicyclic) bond motifs is 3. The first kappa shape index (κ1) is 21.7. The highest BCUT2D eigenvalue weighted by Gasteiger charge is 2.47. The minimum atomic E-state index is -0.763. The summed E-state index contributed by atoms with van der Waals surface area (Å²) in [5.74, 6) is 1.31. The predicted molar refractivity (Wildman–Crippen MR) is 109 cm³/mol. The van der Waals surface area contributed by atoms with Crippen molar-refractivity contribution < 1.29 is 24.9 Å². The summed E-state index contributed by atoms with van der Waals surface area (Å²) in [6.45, 7) is 8.49. The van der Waals surface area contributed by atoms with Gasteiger partial charge in [0.1, 0.15) is 17.1 Å². The van der Waals surface area contributed by atoms with E-state index in [1.165, 1.54) is 0 Å². The van der Waals surface area contributed by atoms with Gasteiger partial charge in [-0.1, -0.05) is 20.3 Å². The fourth-order valence-electron chi connectivity index (χ4n) is 5.07. The van der Waals surface area contributed by atoms with Gasteiger partial charge in [-0.15, -0.1) is 10.1 Å². The maximum atomic E-state index is 10.9. The fraction of sp³-hybridized carbons (Fsp3) is 0.727. The number of rotatable bonds is 7. The lowest BCUT2D eigenvalue weighted by molar-refractivity contribution is -0.757. The third-order valence-electron chi connectivity index (χ3n) is 6.75. The number of hydrogen-bond acceptors (Lipinski definition) is 6. The Labute approximate surface area is 172 Å². The zero-order valence-corrected chi connectivity index (χ0v) is 17.8. The van der Waals surface area contributed by atoms with Gasteiger partial charge in [0, 0.05) is 17.4 Å². The van der Waals surface area contributed by atoms with Crippen LogP contribution in [0, 0.1) is 16.0 Å². The molecule has 0 radical (unpaired) electrons. The van der Waals surface area contributed by atoms with E-state index in [0.29, 0.717) is 18.6 Å². The first-order valence-corrected chi connectivity index (χ1v) is 10.5. The average molecular weight is 408 g/mol. The second kappa shape index (κ2) is 8.01. The van der Waals surface area contributed by atoms with E-state index in [4.69, 9.17) is 4.74 Å². The number of hydrogen-bond donors (Lipinski definition) is 2. The average Bonchev–Trinajstić information content (AvgIpc) is 2.59. The van der Waals surface area contributed by atoms with Crippen LogP contribution in [-0.4, -0.2) is 33.6 Å². The molecule has 0 saturated heterocycles. The summed E-state index contributed by atoms with van der Waals surface area (Å²) in [5.41, 5.74) is 1.23. The standard InChI is InChI=1S/C22H33NO6/c1-21(2,9-5-6-10-28-23(26)27)14-11-18(25)20-16-13-15(24)7-8-17(16)22(3,4)29-19(20)12-14/h11-12,15-17,24-25H,5-10,13H2,1-4H3/t15-,16-,17-/m1/s1. The Morgan fingerprint density at radius 1 is 1.31 bits per heavy atom. The molecule has 1 fully saturated rings. The summed E-state index contributed by atoms with van der Waals surface area (Å²) in [7, 11) is 0. The third-order valence-corrected chi connectivity index (χ3v) is 6.75. The van der Waals surface area contributed by atoms with Crippen LogP contribution in [0.3, 0.4) is 0 Å². The SMILES string of the molecule is CC(C)(CCCCO[N+](=O)[O-])c1cc(O)c2c(c1)OC(C)(C)[C@@H]1CC[C@@H](O)C[C@@H]21. The Hall–Kier alpha value is -2.02. The molecule has 7 heteroatoms. The van der Waals surface area contributed by atoms with Gasteiger partial charge in [-0.05, 0) is 69.1 Å². The Balaban J connectivity index is 1.81. The highest BCUT2D eigenvalue weighted by Crippen LogP contribution is 2.55. The van der Waals surface area contributed by atoms with E-state index in [9.17, 15) is 20.3 Å². The molecule has 2 N–H and O–H groups in total. The molecule has 0 spiro atoms. The van der Waals surface area contributed by atoms with Gasteiger partial charge in [0.2, 0.25) is 0 Å². The molecule has 162 valence electrons. The zero-order chi connectivity index (χ0) is 21.4. The number of ether oxygens (including phenoxy) is 1. The molecule has 0 bridgehead atoms. The topological polar surface area (TPSA) is 102 Å². The van der Waals surface area contributed by atoms with Crippen molar-refractivity contribution in [3.8, 4) is 11.5 Å². The number of benzene rings is 1. The van der Waals surface area contributed by atoms with E-state index in [1.54, 1.807) is 0 Å². The molecule has 1 aliphatic carbocycles. The van der Waals surface area contributed by atoms with Gasteiger partial charge >= 0.3 is 0 Å². The van der Waals surface area contributed by atoms with Gasteiger partial charge in [0.25, 0.3) is 5.09 Å². The molecule has 0 unspecified atom stereocenters. The molecular weight excluding hydrogens is 374 g/mol. The molecule has 29 heavy (non-hydrogen) atoms. The maximum absolute atomic E-state index is 10.9. The van der Waals surface area contributed by atoms with Crippen LogP contribution in [0.2, 0.25) is 0 Å². The molecule has 1 aliphatic heterocycles. The van der Waals surface area contributed by atoms with Gasteiger partial charge in [-0.2, -0.15) is 0 Å². The van der Waals surface area contributed by atoms with E-state index < -0.39 is 5.09 Å². The number of aromatic hydroxyl groups is 1. The number of unbranched alkanes of at least 4 members (excludes halogenated alkanes) is 1. The summed E-state index contributed by atoms with van der Waals surface area (Å²) >= 11 is 0. The van der Waals surface area contributed by atoms with E-state index in [2.05, 4.69) is 32.5 Å². The molecule has 1 aromatic carbocycles. The van der Waals surface area contributed by atoms with Crippen molar-refractivity contribution in [1.82, 2.24) is 0 Å². The molecular formula is C22H33NO6. The van der Waals surface area contributed by atoms with Crippen LogP contribution in [0.15, 0.2) is 12.1 Å². The number of aliphatic hydroxyl groups is 1. The van der Waals surface area contributed by atoms with Crippen molar-refractivity contribution in [3.63, 3.8) is 0 Å². The Morgan fingerprint density at radius 3 is 2.72 bits per heavy atom. The highest BCUT2D eigenvalue weighted by atomic mass is 16.9. The first-order chi connectivity index (χ1) is 13.5. The van der Waals surface area contributed by atoms with E-state index in [1.807, 2.05) is 12.1 Å². The highest BCUT2D eigenvalue weighted by molar-refractivity contribution is 5.53. The summed E-state index contributed by atoms with van der Waals surface area (Å²) < 4.78 is 6.37. The van der Waals surface area contributed by atoms with E-state index >= 15 is 0 Å². The lowest BCUT2D eigenvalue weighted by atomic mass is 9.65. The Kier molecular flexibility index (Phi) is 5.99. The van der Waals surface area contributed by atoms with Crippen LogP contribution in [0.1, 0.15) is 83.3 Å². The fourth-order valence-corrected chi connectivity index (χ4v) is 5.07. The first-order valence-electron chi connectivity index (χ1n) is 10.5. The second-order valence-electron chi connectivity index (χ2n) is 9.69. The smallest absolute Gasteiger partial charge is 0.294 e. The van der Waals surface area contributed by atoms with Crippen molar-refractivity contribution in [2.24, 2.45) is 5.92 Å². The molecule has 3 atom stereocenters. The molecule has 3 rings (SSSR count). The summed E-state index contributed by atoms with van der Waals surface area (Å²) in [4.78, 5) is 14.6. The summed E-state index contributed by atoms with van der Waals surface area (Å²) in [6.07, 6.45) is 4.16. The third kappa shape index (κ3) is 4.60. The Morgan fingerprint density at radius 2 is 2.03 bits per heavy atom. The van der Waals surface area contributed by atoms with Gasteiger partial charge < -0.3 is 19.8 Å². The Bertz CT molecular complexity index is 760. The van der Waals surface area contributed by atoms with Crippen LogP contribution in [-0.2, 0) is 10.3 Å². The number of phenolic OH excluding ortho intramolecular Hbond substituents is 1. The molecule has 1 aromatic rings. The number of nitrogens with zero attached hydrogens (tertiary/aromatic N) is 1. The molecule has 7 nitrogen and oxygen atoms in total. The quantitative estimate of drug-likeness (QED) is 0.393. The second-order valence-corrected chi connectivity index (χ2v) is 9.69. The van der Waals surface area contributed by atoms with Crippen LogP contribution in [0.4, 0.5) is 0 Å². The van der Waals surface area contributed by atoms with Gasteiger partial charge in [0.05, 0.1) is 12.7 Å². The van der Waals surface area contributed by atoms with Gasteiger partial charge in [-0.25, -0.2) is 0 Å². The predicted octanol–water partition coefficient (Wildman–Crippen LogP) is 4.46. The van der Waals surface area contributed by atoms with Crippen LogP contribution < -0.4 is 4.74 Å². The van der Waals surface area contributed by atoms with Crippen molar-refractivity contribution >= 4 is 0 Å². The lowest BCUT2D eigenvalue weighted by Gasteiger charge is -2.48. The van der Waals surface area contributed by atoms with Crippen LogP contribution >= 0.6 is 0 Å².